The Morgan fingerprint density at radius 2 is 2.05 bits per heavy atom. The Balaban J connectivity index is 1.92. The second kappa shape index (κ2) is 9.46. The maximum absolute atomic E-state index is 5.95. The van der Waals surface area contributed by atoms with Crippen molar-refractivity contribution in [3.63, 3.8) is 0 Å². The number of halogens is 1. The summed E-state index contributed by atoms with van der Waals surface area (Å²) in [5, 5.41) is 3.33. The predicted molar refractivity (Wildman–Crippen MR) is 95.3 cm³/mol. The maximum atomic E-state index is 5.95. The Kier molecular flexibility index (Phi) is 7.23. The van der Waals surface area contributed by atoms with Gasteiger partial charge >= 0.3 is 0 Å². The number of ether oxygens (including phenoxy) is 1. The molecule has 1 aromatic carbocycles. The highest BCUT2D eigenvalue weighted by Crippen LogP contribution is 2.24. The Hall–Kier alpha value is -1.55. The lowest BCUT2D eigenvalue weighted by molar-refractivity contribution is 0.302. The molecule has 0 bridgehead atoms. The second-order valence-corrected chi connectivity index (χ2v) is 6.15. The highest BCUT2D eigenvalue weighted by atomic mass is 79.9. The molecule has 1 N–H and O–H groups in total. The first kappa shape index (κ1) is 16.8. The molecule has 0 aliphatic heterocycles. The van der Waals surface area contributed by atoms with Crippen LogP contribution in [0, 0.1) is 0 Å². The van der Waals surface area contributed by atoms with E-state index in [9.17, 15) is 0 Å². The third kappa shape index (κ3) is 5.68. The van der Waals surface area contributed by atoms with Crippen molar-refractivity contribution in [2.45, 2.75) is 39.2 Å². The van der Waals surface area contributed by atoms with Crippen molar-refractivity contribution in [3.05, 3.63) is 52.6 Å². The fourth-order valence-electron chi connectivity index (χ4n) is 2.19. The van der Waals surface area contributed by atoms with Gasteiger partial charge in [0, 0.05) is 22.8 Å². The van der Waals surface area contributed by atoms with Crippen LogP contribution in [0.1, 0.15) is 38.2 Å². The number of nitrogens with zero attached hydrogens (tertiary/aromatic N) is 1. The van der Waals surface area contributed by atoms with Crippen LogP contribution in [0.15, 0.2) is 47.1 Å². The number of unbranched alkanes of at least 4 members (excludes halogenated alkanes) is 3. The van der Waals surface area contributed by atoms with Crippen molar-refractivity contribution < 1.29 is 4.74 Å². The van der Waals surface area contributed by atoms with E-state index < -0.39 is 0 Å². The normalized spacial score (nSPS) is 10.5. The van der Waals surface area contributed by atoms with Gasteiger partial charge in [-0.3, -0.25) is 0 Å². The van der Waals surface area contributed by atoms with Crippen molar-refractivity contribution in [2.24, 2.45) is 0 Å². The molecule has 22 heavy (non-hydrogen) atoms. The SMILES string of the molecule is CCCCCCOc1ccc(Br)cc1CNc1ccccn1. The van der Waals surface area contributed by atoms with Crippen molar-refractivity contribution in [1.82, 2.24) is 4.98 Å². The van der Waals surface area contributed by atoms with E-state index in [1.165, 1.54) is 19.3 Å². The van der Waals surface area contributed by atoms with E-state index in [2.05, 4.69) is 39.2 Å². The van der Waals surface area contributed by atoms with Gasteiger partial charge in [-0.2, -0.15) is 0 Å². The highest BCUT2D eigenvalue weighted by molar-refractivity contribution is 9.10. The molecular weight excluding hydrogens is 340 g/mol. The molecule has 0 atom stereocenters. The largest absolute Gasteiger partial charge is 0.493 e. The van der Waals surface area contributed by atoms with Crippen LogP contribution in [-0.2, 0) is 6.54 Å². The number of hydrogen-bond acceptors (Lipinski definition) is 3. The summed E-state index contributed by atoms with van der Waals surface area (Å²) in [6.45, 7) is 3.69. The van der Waals surface area contributed by atoms with E-state index in [0.717, 1.165) is 34.6 Å². The molecule has 0 unspecified atom stereocenters. The first-order chi connectivity index (χ1) is 10.8. The van der Waals surface area contributed by atoms with Crippen LogP contribution >= 0.6 is 15.9 Å². The van der Waals surface area contributed by atoms with E-state index in [-0.39, 0.29) is 0 Å². The monoisotopic (exact) mass is 362 g/mol. The molecule has 0 saturated carbocycles. The minimum Gasteiger partial charge on any atom is -0.493 e. The Morgan fingerprint density at radius 1 is 1.14 bits per heavy atom. The van der Waals surface area contributed by atoms with Gasteiger partial charge in [-0.05, 0) is 36.8 Å². The van der Waals surface area contributed by atoms with Crippen LogP contribution in [0.3, 0.4) is 0 Å². The zero-order valence-corrected chi connectivity index (χ0v) is 14.6. The number of aromatic nitrogens is 1. The summed E-state index contributed by atoms with van der Waals surface area (Å²) in [5.74, 6) is 1.82. The smallest absolute Gasteiger partial charge is 0.126 e. The Morgan fingerprint density at radius 3 is 2.82 bits per heavy atom. The fraction of sp³-hybridized carbons (Fsp3) is 0.389. The van der Waals surface area contributed by atoms with Gasteiger partial charge in [0.25, 0.3) is 0 Å². The summed E-state index contributed by atoms with van der Waals surface area (Å²) in [6.07, 6.45) is 6.65. The number of hydrogen-bond donors (Lipinski definition) is 1. The highest BCUT2D eigenvalue weighted by Gasteiger charge is 2.05. The summed E-state index contributed by atoms with van der Waals surface area (Å²) >= 11 is 3.53. The molecular formula is C18H23BrN2O. The molecule has 1 aromatic heterocycles. The first-order valence-corrected chi connectivity index (χ1v) is 8.65. The summed E-state index contributed by atoms with van der Waals surface area (Å²) in [6, 6.07) is 12.0. The van der Waals surface area contributed by atoms with Gasteiger partial charge in [0.1, 0.15) is 11.6 Å². The van der Waals surface area contributed by atoms with E-state index in [4.69, 9.17) is 4.74 Å². The van der Waals surface area contributed by atoms with Crippen LogP contribution in [0.4, 0.5) is 5.82 Å². The molecule has 0 fully saturated rings. The van der Waals surface area contributed by atoms with E-state index in [1.807, 2.05) is 30.3 Å². The minimum absolute atomic E-state index is 0.695. The minimum atomic E-state index is 0.695. The predicted octanol–water partition coefficient (Wildman–Crippen LogP) is 5.42. The van der Waals surface area contributed by atoms with Gasteiger partial charge in [0.15, 0.2) is 0 Å². The number of rotatable bonds is 9. The zero-order chi connectivity index (χ0) is 15.6. The van der Waals surface area contributed by atoms with Gasteiger partial charge in [0.05, 0.1) is 6.61 Å². The lowest BCUT2D eigenvalue weighted by Gasteiger charge is -2.13. The molecule has 0 aliphatic carbocycles. The van der Waals surface area contributed by atoms with Gasteiger partial charge in [-0.1, -0.05) is 48.2 Å². The maximum Gasteiger partial charge on any atom is 0.126 e. The molecule has 2 rings (SSSR count). The first-order valence-electron chi connectivity index (χ1n) is 7.85. The number of benzene rings is 1. The zero-order valence-electron chi connectivity index (χ0n) is 13.0. The Labute approximate surface area is 141 Å². The molecule has 0 saturated heterocycles. The molecule has 0 amide bonds. The third-order valence-corrected chi connectivity index (χ3v) is 3.90. The summed E-state index contributed by atoms with van der Waals surface area (Å²) < 4.78 is 7.00. The average Bonchev–Trinajstić information content (AvgIpc) is 2.55. The Bertz CT molecular complexity index is 560. The van der Waals surface area contributed by atoms with Gasteiger partial charge in [0.2, 0.25) is 0 Å². The van der Waals surface area contributed by atoms with Crippen LogP contribution in [-0.4, -0.2) is 11.6 Å². The number of nitrogens with one attached hydrogen (secondary N) is 1. The number of anilines is 1. The van der Waals surface area contributed by atoms with E-state index in [1.54, 1.807) is 6.20 Å². The molecule has 3 nitrogen and oxygen atoms in total. The third-order valence-electron chi connectivity index (χ3n) is 3.40. The van der Waals surface area contributed by atoms with Gasteiger partial charge < -0.3 is 10.1 Å². The summed E-state index contributed by atoms with van der Waals surface area (Å²) in [4.78, 5) is 4.28. The molecule has 118 valence electrons. The van der Waals surface area contributed by atoms with Gasteiger partial charge in [-0.25, -0.2) is 4.98 Å². The molecule has 0 aliphatic rings. The van der Waals surface area contributed by atoms with Crippen molar-refractivity contribution >= 4 is 21.7 Å². The van der Waals surface area contributed by atoms with Crippen molar-refractivity contribution in [3.8, 4) is 5.75 Å². The standard InChI is InChI=1S/C18H23BrN2O/c1-2-3-4-7-12-22-17-10-9-16(19)13-15(17)14-21-18-8-5-6-11-20-18/h5-6,8-11,13H,2-4,7,12,14H2,1H3,(H,20,21). The van der Waals surface area contributed by atoms with E-state index in [0.29, 0.717) is 6.54 Å². The second-order valence-electron chi connectivity index (χ2n) is 5.23. The molecule has 1 heterocycles. The molecule has 2 aromatic rings. The quantitative estimate of drug-likeness (QED) is 0.605. The van der Waals surface area contributed by atoms with Crippen LogP contribution in [0.5, 0.6) is 5.75 Å². The molecule has 0 radical (unpaired) electrons. The number of pyridine rings is 1. The topological polar surface area (TPSA) is 34.1 Å². The molecule has 0 spiro atoms. The van der Waals surface area contributed by atoms with Crippen molar-refractivity contribution in [2.75, 3.05) is 11.9 Å². The van der Waals surface area contributed by atoms with Crippen molar-refractivity contribution in [1.29, 1.82) is 0 Å². The lowest BCUT2D eigenvalue weighted by atomic mass is 10.2. The van der Waals surface area contributed by atoms with Crippen LogP contribution in [0.25, 0.3) is 0 Å². The van der Waals surface area contributed by atoms with Crippen LogP contribution in [0.2, 0.25) is 0 Å². The summed E-state index contributed by atoms with van der Waals surface area (Å²) in [5.41, 5.74) is 1.13. The average molecular weight is 363 g/mol. The lowest BCUT2D eigenvalue weighted by Crippen LogP contribution is -2.05. The fourth-order valence-corrected chi connectivity index (χ4v) is 2.60. The van der Waals surface area contributed by atoms with Crippen LogP contribution < -0.4 is 10.1 Å². The summed E-state index contributed by atoms with van der Waals surface area (Å²) in [7, 11) is 0. The molecule has 4 heteroatoms. The van der Waals surface area contributed by atoms with Gasteiger partial charge in [-0.15, -0.1) is 0 Å². The van der Waals surface area contributed by atoms with E-state index >= 15 is 0 Å².